The molecule has 1 amide bonds. The fraction of sp³-hybridized carbons (Fsp3) is 0.533. The van der Waals surface area contributed by atoms with E-state index in [0.29, 0.717) is 18.5 Å². The number of carbonyl (C=O) groups excluding carboxylic acids is 1. The maximum atomic E-state index is 13.0. The van der Waals surface area contributed by atoms with Crippen LogP contribution in [0.3, 0.4) is 0 Å². The summed E-state index contributed by atoms with van der Waals surface area (Å²) in [6, 6.07) is 3.45. The fourth-order valence-electron chi connectivity index (χ4n) is 2.59. The predicted octanol–water partition coefficient (Wildman–Crippen LogP) is 3.20. The number of halogens is 2. The minimum Gasteiger partial charge on any atom is -0.356 e. The summed E-state index contributed by atoms with van der Waals surface area (Å²) in [5.41, 5.74) is 0.571. The third-order valence-electron chi connectivity index (χ3n) is 3.61. The van der Waals surface area contributed by atoms with Crippen LogP contribution in [0.1, 0.15) is 37.7 Å². The van der Waals surface area contributed by atoms with Gasteiger partial charge in [-0.15, -0.1) is 0 Å². The summed E-state index contributed by atoms with van der Waals surface area (Å²) >= 11 is 0. The van der Waals surface area contributed by atoms with Gasteiger partial charge in [0.25, 0.3) is 0 Å². The Kier molecular flexibility index (Phi) is 4.88. The summed E-state index contributed by atoms with van der Waals surface area (Å²) in [5, 5.41) is 2.86. The van der Waals surface area contributed by atoms with Crippen LogP contribution < -0.4 is 5.32 Å². The molecule has 0 saturated heterocycles. The average Bonchev–Trinajstić information content (AvgIpc) is 2.38. The Morgan fingerprint density at radius 3 is 2.37 bits per heavy atom. The number of benzene rings is 1. The second-order valence-electron chi connectivity index (χ2n) is 5.15. The van der Waals surface area contributed by atoms with Crippen molar-refractivity contribution in [3.63, 3.8) is 0 Å². The second kappa shape index (κ2) is 6.64. The van der Waals surface area contributed by atoms with Gasteiger partial charge in [0.05, 0.1) is 0 Å². The molecule has 0 bridgehead atoms. The molecule has 1 aromatic rings. The molecule has 0 aromatic heterocycles. The minimum absolute atomic E-state index is 0.0802. The van der Waals surface area contributed by atoms with Crippen LogP contribution in [-0.4, -0.2) is 12.5 Å². The van der Waals surface area contributed by atoms with Crippen molar-refractivity contribution in [3.8, 4) is 0 Å². The number of nitrogens with one attached hydrogen (secondary N) is 1. The van der Waals surface area contributed by atoms with E-state index >= 15 is 0 Å². The van der Waals surface area contributed by atoms with E-state index in [4.69, 9.17) is 0 Å². The predicted molar refractivity (Wildman–Crippen MR) is 69.6 cm³/mol. The van der Waals surface area contributed by atoms with Gasteiger partial charge in [-0.2, -0.15) is 0 Å². The highest BCUT2D eigenvalue weighted by molar-refractivity contribution is 5.78. The molecule has 1 aliphatic carbocycles. The zero-order chi connectivity index (χ0) is 13.7. The summed E-state index contributed by atoms with van der Waals surface area (Å²) in [6.45, 7) is 0.429. The van der Waals surface area contributed by atoms with E-state index in [1.807, 2.05) is 0 Å². The van der Waals surface area contributed by atoms with Crippen molar-refractivity contribution in [2.24, 2.45) is 5.92 Å². The van der Waals surface area contributed by atoms with E-state index in [9.17, 15) is 13.6 Å². The van der Waals surface area contributed by atoms with Gasteiger partial charge in [0.2, 0.25) is 5.91 Å². The van der Waals surface area contributed by atoms with Gasteiger partial charge >= 0.3 is 0 Å². The van der Waals surface area contributed by atoms with Crippen molar-refractivity contribution in [2.45, 2.75) is 38.5 Å². The molecule has 0 aliphatic heterocycles. The smallest absolute Gasteiger partial charge is 0.223 e. The van der Waals surface area contributed by atoms with E-state index in [2.05, 4.69) is 5.32 Å². The number of hydrogen-bond acceptors (Lipinski definition) is 1. The number of carbonyl (C=O) groups is 1. The highest BCUT2D eigenvalue weighted by atomic mass is 19.1. The third-order valence-corrected chi connectivity index (χ3v) is 3.61. The Hall–Kier alpha value is -1.45. The summed E-state index contributed by atoms with van der Waals surface area (Å²) in [6.07, 6.45) is 5.82. The summed E-state index contributed by atoms with van der Waals surface area (Å²) < 4.78 is 26.0. The first-order chi connectivity index (χ1) is 9.15. The van der Waals surface area contributed by atoms with Crippen LogP contribution in [-0.2, 0) is 11.2 Å². The van der Waals surface area contributed by atoms with Crippen LogP contribution in [0.2, 0.25) is 0 Å². The monoisotopic (exact) mass is 267 g/mol. The van der Waals surface area contributed by atoms with Crippen molar-refractivity contribution in [3.05, 3.63) is 35.4 Å². The first kappa shape index (κ1) is 14.0. The Morgan fingerprint density at radius 2 is 1.74 bits per heavy atom. The van der Waals surface area contributed by atoms with Crippen molar-refractivity contribution < 1.29 is 13.6 Å². The van der Waals surface area contributed by atoms with Crippen LogP contribution in [0.15, 0.2) is 18.2 Å². The fourth-order valence-corrected chi connectivity index (χ4v) is 2.59. The standard InChI is InChI=1S/C15H19F2NO/c16-13-8-11(9-14(17)10-13)6-7-18-15(19)12-4-2-1-3-5-12/h8-10,12H,1-7H2,(H,18,19). The number of amides is 1. The third kappa shape index (κ3) is 4.30. The first-order valence-electron chi connectivity index (χ1n) is 6.88. The first-order valence-corrected chi connectivity index (χ1v) is 6.88. The van der Waals surface area contributed by atoms with E-state index < -0.39 is 11.6 Å². The molecule has 2 rings (SSSR count). The largest absolute Gasteiger partial charge is 0.356 e. The lowest BCUT2D eigenvalue weighted by Gasteiger charge is -2.20. The lowest BCUT2D eigenvalue weighted by atomic mass is 9.88. The molecule has 104 valence electrons. The van der Waals surface area contributed by atoms with E-state index in [0.717, 1.165) is 31.7 Å². The van der Waals surface area contributed by atoms with Crippen molar-refractivity contribution in [1.82, 2.24) is 5.32 Å². The van der Waals surface area contributed by atoms with Gasteiger partial charge in [-0.25, -0.2) is 8.78 Å². The average molecular weight is 267 g/mol. The van der Waals surface area contributed by atoms with Gasteiger partial charge in [-0.1, -0.05) is 19.3 Å². The Labute approximate surface area is 112 Å². The van der Waals surface area contributed by atoms with E-state index in [1.165, 1.54) is 18.6 Å². The molecule has 1 N–H and O–H groups in total. The Balaban J connectivity index is 1.77. The van der Waals surface area contributed by atoms with Gasteiger partial charge in [0, 0.05) is 18.5 Å². The van der Waals surface area contributed by atoms with Gasteiger partial charge in [-0.3, -0.25) is 4.79 Å². The molecular weight excluding hydrogens is 248 g/mol. The molecule has 19 heavy (non-hydrogen) atoms. The van der Waals surface area contributed by atoms with Crippen LogP contribution in [0.5, 0.6) is 0 Å². The summed E-state index contributed by atoms with van der Waals surface area (Å²) in [7, 11) is 0. The maximum absolute atomic E-state index is 13.0. The highest BCUT2D eigenvalue weighted by Gasteiger charge is 2.20. The minimum atomic E-state index is -0.575. The molecule has 1 aliphatic rings. The van der Waals surface area contributed by atoms with Gasteiger partial charge in [-0.05, 0) is 37.0 Å². The molecule has 0 spiro atoms. The quantitative estimate of drug-likeness (QED) is 0.891. The zero-order valence-corrected chi connectivity index (χ0v) is 10.9. The highest BCUT2D eigenvalue weighted by Crippen LogP contribution is 2.23. The van der Waals surface area contributed by atoms with Crippen LogP contribution >= 0.6 is 0 Å². The van der Waals surface area contributed by atoms with E-state index in [-0.39, 0.29) is 11.8 Å². The van der Waals surface area contributed by atoms with Crippen molar-refractivity contribution >= 4 is 5.91 Å². The van der Waals surface area contributed by atoms with Gasteiger partial charge in [0.1, 0.15) is 11.6 Å². The molecule has 1 saturated carbocycles. The zero-order valence-electron chi connectivity index (χ0n) is 10.9. The van der Waals surface area contributed by atoms with Gasteiger partial charge < -0.3 is 5.32 Å². The summed E-state index contributed by atoms with van der Waals surface area (Å²) in [4.78, 5) is 11.9. The summed E-state index contributed by atoms with van der Waals surface area (Å²) in [5.74, 6) is -0.947. The van der Waals surface area contributed by atoms with Crippen LogP contribution in [0.25, 0.3) is 0 Å². The van der Waals surface area contributed by atoms with Crippen LogP contribution in [0.4, 0.5) is 8.78 Å². The maximum Gasteiger partial charge on any atom is 0.223 e. The van der Waals surface area contributed by atoms with E-state index in [1.54, 1.807) is 0 Å². The molecule has 0 unspecified atom stereocenters. The molecule has 1 aromatic carbocycles. The lowest BCUT2D eigenvalue weighted by Crippen LogP contribution is -2.33. The molecular formula is C15H19F2NO. The normalized spacial score (nSPS) is 16.3. The number of rotatable bonds is 4. The number of hydrogen-bond donors (Lipinski definition) is 1. The molecule has 0 atom stereocenters. The molecule has 1 fully saturated rings. The van der Waals surface area contributed by atoms with Crippen molar-refractivity contribution in [2.75, 3.05) is 6.54 Å². The molecule has 0 radical (unpaired) electrons. The SMILES string of the molecule is O=C(NCCc1cc(F)cc(F)c1)C1CCCCC1. The molecule has 4 heteroatoms. The van der Waals surface area contributed by atoms with Crippen LogP contribution in [0, 0.1) is 17.6 Å². The second-order valence-corrected chi connectivity index (χ2v) is 5.15. The Morgan fingerprint density at radius 1 is 1.11 bits per heavy atom. The topological polar surface area (TPSA) is 29.1 Å². The molecule has 2 nitrogen and oxygen atoms in total. The van der Waals surface area contributed by atoms with Crippen molar-refractivity contribution in [1.29, 1.82) is 0 Å². The molecule has 0 heterocycles. The Bertz CT molecular complexity index is 422. The van der Waals surface area contributed by atoms with Gasteiger partial charge in [0.15, 0.2) is 0 Å². The lowest BCUT2D eigenvalue weighted by molar-refractivity contribution is -0.125.